The zero-order valence-corrected chi connectivity index (χ0v) is 13.2. The van der Waals surface area contributed by atoms with Gasteiger partial charge in [0.1, 0.15) is 0 Å². The Labute approximate surface area is 130 Å². The summed E-state index contributed by atoms with van der Waals surface area (Å²) in [7, 11) is -3.19. The Balaban J connectivity index is 1.41. The highest BCUT2D eigenvalue weighted by molar-refractivity contribution is 7.90. The van der Waals surface area contributed by atoms with Gasteiger partial charge >= 0.3 is 0 Å². The van der Waals surface area contributed by atoms with Crippen LogP contribution in [0.5, 0.6) is 0 Å². The van der Waals surface area contributed by atoms with Crippen molar-refractivity contribution in [1.82, 2.24) is 29.1 Å². The summed E-state index contributed by atoms with van der Waals surface area (Å²) in [6.07, 6.45) is 7.14. The van der Waals surface area contributed by atoms with Gasteiger partial charge < -0.3 is 0 Å². The molecule has 0 amide bonds. The van der Waals surface area contributed by atoms with Crippen LogP contribution in [0.3, 0.4) is 0 Å². The number of nitrogens with one attached hydrogen (secondary N) is 1. The van der Waals surface area contributed by atoms with E-state index in [4.69, 9.17) is 0 Å². The number of imidazole rings is 1. The second-order valence-electron chi connectivity index (χ2n) is 5.30. The Hall–Kier alpha value is -1.78. The van der Waals surface area contributed by atoms with Crippen molar-refractivity contribution in [3.63, 3.8) is 0 Å². The topological polar surface area (TPSA) is 94.2 Å². The van der Waals surface area contributed by atoms with Crippen LogP contribution >= 0.6 is 11.3 Å². The van der Waals surface area contributed by atoms with Crippen LogP contribution in [0.4, 0.5) is 0 Å². The maximum atomic E-state index is 11.8. The van der Waals surface area contributed by atoms with Crippen LogP contribution in [0.2, 0.25) is 0 Å². The van der Waals surface area contributed by atoms with E-state index >= 15 is 0 Å². The van der Waals surface area contributed by atoms with E-state index in [9.17, 15) is 8.42 Å². The van der Waals surface area contributed by atoms with Crippen LogP contribution < -0.4 is 4.72 Å². The summed E-state index contributed by atoms with van der Waals surface area (Å²) in [6, 6.07) is 0. The molecule has 0 aliphatic heterocycles. The first kappa shape index (κ1) is 13.9. The summed E-state index contributed by atoms with van der Waals surface area (Å²) in [4.78, 5) is 5.41. The lowest BCUT2D eigenvalue weighted by molar-refractivity contribution is 0.579. The first-order valence-corrected chi connectivity index (χ1v) is 9.31. The number of nitrogens with zero attached hydrogens (tertiary/aromatic N) is 5. The lowest BCUT2D eigenvalue weighted by Gasteiger charge is -2.01. The van der Waals surface area contributed by atoms with Crippen molar-refractivity contribution in [2.75, 3.05) is 0 Å². The van der Waals surface area contributed by atoms with E-state index in [1.165, 1.54) is 0 Å². The van der Waals surface area contributed by atoms with Crippen molar-refractivity contribution in [3.05, 3.63) is 35.4 Å². The average molecular weight is 338 g/mol. The first-order chi connectivity index (χ1) is 10.6. The second-order valence-corrected chi connectivity index (χ2v) is 8.22. The standard InChI is InChI=1S/C12H14N6O2S2/c19-22(20,11-1-2-11)13-5-9-7-18(16-15-9)8-10-6-17-3-4-21-12(17)14-10/h3-4,6-7,11,13H,1-2,5,8H2. The van der Waals surface area contributed by atoms with Crippen LogP contribution in [0.1, 0.15) is 24.2 Å². The molecular formula is C12H14N6O2S2. The van der Waals surface area contributed by atoms with Crippen molar-refractivity contribution >= 4 is 26.3 Å². The Morgan fingerprint density at radius 2 is 2.18 bits per heavy atom. The van der Waals surface area contributed by atoms with Crippen molar-refractivity contribution in [2.24, 2.45) is 0 Å². The predicted octanol–water partition coefficient (Wildman–Crippen LogP) is 0.617. The van der Waals surface area contributed by atoms with Crippen LogP contribution in [0.25, 0.3) is 4.96 Å². The van der Waals surface area contributed by atoms with Gasteiger partial charge in [-0.25, -0.2) is 22.8 Å². The van der Waals surface area contributed by atoms with Gasteiger partial charge in [0.25, 0.3) is 0 Å². The van der Waals surface area contributed by atoms with Crippen molar-refractivity contribution in [1.29, 1.82) is 0 Å². The van der Waals surface area contributed by atoms with Gasteiger partial charge in [0.2, 0.25) is 10.0 Å². The maximum Gasteiger partial charge on any atom is 0.214 e. The van der Waals surface area contributed by atoms with Crippen molar-refractivity contribution in [2.45, 2.75) is 31.2 Å². The number of hydrogen-bond acceptors (Lipinski definition) is 6. The molecule has 0 spiro atoms. The summed E-state index contributed by atoms with van der Waals surface area (Å²) in [5.74, 6) is 0. The third-order valence-electron chi connectivity index (χ3n) is 3.47. The average Bonchev–Trinajstić information content (AvgIpc) is 2.94. The molecule has 1 N–H and O–H groups in total. The van der Waals surface area contributed by atoms with E-state index in [-0.39, 0.29) is 11.8 Å². The fourth-order valence-corrected chi connectivity index (χ4v) is 4.25. The SMILES string of the molecule is O=S(=O)(NCc1cn(Cc2cn3ccsc3n2)nn1)C1CC1. The minimum Gasteiger partial charge on any atom is -0.297 e. The van der Waals surface area contributed by atoms with E-state index in [1.807, 2.05) is 22.2 Å². The van der Waals surface area contributed by atoms with Crippen LogP contribution in [0.15, 0.2) is 24.0 Å². The Bertz CT molecular complexity index is 876. The molecule has 1 aliphatic carbocycles. The molecular weight excluding hydrogens is 324 g/mol. The predicted molar refractivity (Wildman–Crippen MR) is 81.0 cm³/mol. The van der Waals surface area contributed by atoms with Gasteiger partial charge in [-0.1, -0.05) is 5.21 Å². The summed E-state index contributed by atoms with van der Waals surface area (Å²) >= 11 is 1.57. The quantitative estimate of drug-likeness (QED) is 0.711. The maximum absolute atomic E-state index is 11.8. The Kier molecular flexibility index (Phi) is 3.24. The fourth-order valence-electron chi connectivity index (χ4n) is 2.19. The van der Waals surface area contributed by atoms with Gasteiger partial charge in [0.05, 0.1) is 35.9 Å². The molecule has 0 atom stereocenters. The highest BCUT2D eigenvalue weighted by atomic mass is 32.2. The number of sulfonamides is 1. The van der Waals surface area contributed by atoms with Gasteiger partial charge in [-0.3, -0.25) is 4.40 Å². The second kappa shape index (κ2) is 5.14. The molecule has 0 bridgehead atoms. The van der Waals surface area contributed by atoms with Gasteiger partial charge in [-0.2, -0.15) is 0 Å². The zero-order chi connectivity index (χ0) is 15.2. The van der Waals surface area contributed by atoms with Crippen LogP contribution in [-0.2, 0) is 23.1 Å². The number of fused-ring (bicyclic) bond motifs is 1. The molecule has 8 nitrogen and oxygen atoms in total. The van der Waals surface area contributed by atoms with Gasteiger partial charge in [0, 0.05) is 17.8 Å². The monoisotopic (exact) mass is 338 g/mol. The number of rotatable bonds is 6. The van der Waals surface area contributed by atoms with E-state index in [0.717, 1.165) is 23.5 Å². The number of thiazole rings is 1. The highest BCUT2D eigenvalue weighted by Gasteiger charge is 2.35. The van der Waals surface area contributed by atoms with Crippen molar-refractivity contribution < 1.29 is 8.42 Å². The molecule has 3 aromatic heterocycles. The van der Waals surface area contributed by atoms with Crippen LogP contribution in [-0.4, -0.2) is 38.0 Å². The zero-order valence-electron chi connectivity index (χ0n) is 11.6. The smallest absolute Gasteiger partial charge is 0.214 e. The Morgan fingerprint density at radius 1 is 1.32 bits per heavy atom. The molecule has 10 heteroatoms. The molecule has 1 aliphatic rings. The molecule has 4 rings (SSSR count). The molecule has 116 valence electrons. The molecule has 0 unspecified atom stereocenters. The summed E-state index contributed by atoms with van der Waals surface area (Å²) in [5, 5.41) is 9.76. The first-order valence-electron chi connectivity index (χ1n) is 6.89. The minimum absolute atomic E-state index is 0.178. The van der Waals surface area contributed by atoms with Crippen LogP contribution in [0, 0.1) is 0 Å². The minimum atomic E-state index is -3.19. The van der Waals surface area contributed by atoms with E-state index in [1.54, 1.807) is 22.2 Å². The molecule has 3 aromatic rings. The normalized spacial score (nSPS) is 15.6. The number of aromatic nitrogens is 5. The van der Waals surface area contributed by atoms with Gasteiger partial charge in [-0.05, 0) is 12.8 Å². The lowest BCUT2D eigenvalue weighted by atomic mass is 10.4. The Morgan fingerprint density at radius 3 is 2.95 bits per heavy atom. The van der Waals surface area contributed by atoms with Gasteiger partial charge in [0.15, 0.2) is 4.96 Å². The third-order valence-corrected chi connectivity index (χ3v) is 6.14. The molecule has 1 fully saturated rings. The molecule has 1 saturated carbocycles. The summed E-state index contributed by atoms with van der Waals surface area (Å²) in [5.41, 5.74) is 1.49. The van der Waals surface area contributed by atoms with E-state index in [2.05, 4.69) is 20.0 Å². The molecule has 0 aromatic carbocycles. The van der Waals surface area contributed by atoms with Crippen molar-refractivity contribution in [3.8, 4) is 0 Å². The van der Waals surface area contributed by atoms with Gasteiger partial charge in [-0.15, -0.1) is 16.4 Å². The fraction of sp³-hybridized carbons (Fsp3) is 0.417. The number of hydrogen-bond donors (Lipinski definition) is 1. The highest BCUT2D eigenvalue weighted by Crippen LogP contribution is 2.27. The molecule has 3 heterocycles. The molecule has 0 radical (unpaired) electrons. The van der Waals surface area contributed by atoms with E-state index < -0.39 is 10.0 Å². The summed E-state index contributed by atoms with van der Waals surface area (Å²) in [6.45, 7) is 0.688. The van der Waals surface area contributed by atoms with E-state index in [0.29, 0.717) is 12.2 Å². The molecule has 22 heavy (non-hydrogen) atoms. The third kappa shape index (κ3) is 2.76. The lowest BCUT2D eigenvalue weighted by Crippen LogP contribution is -2.26. The largest absolute Gasteiger partial charge is 0.297 e. The summed E-state index contributed by atoms with van der Waals surface area (Å²) < 4.78 is 29.7. The molecule has 0 saturated heterocycles.